The second-order valence-electron chi connectivity index (χ2n) is 43.1. The first-order valence-electron chi connectivity index (χ1n) is 47.0. The molecule has 14 nitrogen and oxygen atoms in total. The minimum atomic E-state index is -1.10. The Kier molecular flexibility index (Phi) is 75.1. The summed E-state index contributed by atoms with van der Waals surface area (Å²) in [4.78, 5) is 44.7. The summed E-state index contributed by atoms with van der Waals surface area (Å²) in [6.07, 6.45) is 37.9. The number of Topliss-reactive ketones (excluding diaryl/α,β-unsaturated/α-hetero) is 2. The summed E-state index contributed by atoms with van der Waals surface area (Å²) in [5.74, 6) is 0.627. The van der Waals surface area contributed by atoms with Crippen molar-refractivity contribution in [2.75, 3.05) is 14.2 Å². The van der Waals surface area contributed by atoms with E-state index in [9.17, 15) is 34.5 Å². The summed E-state index contributed by atoms with van der Waals surface area (Å²) in [7, 11) is 3.06. The molecule has 0 aliphatic carbocycles. The zero-order valence-corrected chi connectivity index (χ0v) is 86.7. The first-order chi connectivity index (χ1) is 58.0. The second-order valence-corrected chi connectivity index (χ2v) is 43.1. The number of ketones is 2. The lowest BCUT2D eigenvalue weighted by Gasteiger charge is -2.06. The third-order valence-electron chi connectivity index (χ3n) is 15.9. The highest BCUT2D eigenvalue weighted by molar-refractivity contribution is 5.93. The average molecular weight is 1760 g/mol. The molecule has 722 valence electrons. The fraction of sp³-hybridized carbons (Fsp3) is 0.625. The van der Waals surface area contributed by atoms with Gasteiger partial charge in [-0.25, -0.2) is 9.59 Å². The van der Waals surface area contributed by atoms with E-state index in [2.05, 4.69) is 212 Å². The van der Waals surface area contributed by atoms with Crippen molar-refractivity contribution >= 4 is 23.5 Å². The lowest BCUT2D eigenvalue weighted by atomic mass is 10.0. The Balaban J connectivity index is -0.000000328. The zero-order chi connectivity index (χ0) is 98.5. The largest absolute Gasteiger partial charge is 0.508 e. The number of rotatable bonds is 37. The Morgan fingerprint density at radius 2 is 0.635 bits per heavy atom. The summed E-state index contributed by atoms with van der Waals surface area (Å²) in [6.45, 7) is 68.6. The summed E-state index contributed by atoms with van der Waals surface area (Å²) in [5.41, 5.74) is 9.67. The number of phenols is 6. The van der Waals surface area contributed by atoms with Gasteiger partial charge in [0.15, 0.2) is 23.0 Å². The van der Waals surface area contributed by atoms with E-state index in [0.717, 1.165) is 54.4 Å². The van der Waals surface area contributed by atoms with Crippen LogP contribution >= 0.6 is 0 Å². The van der Waals surface area contributed by atoms with Gasteiger partial charge in [0.2, 0.25) is 0 Å². The molecule has 0 saturated heterocycles. The van der Waals surface area contributed by atoms with Crippen molar-refractivity contribution in [3.63, 3.8) is 0 Å². The highest BCUT2D eigenvalue weighted by Crippen LogP contribution is 2.30. The van der Waals surface area contributed by atoms with Gasteiger partial charge in [-0.3, -0.25) is 9.59 Å². The molecule has 8 N–H and O–H groups in total. The molecule has 0 heterocycles. The number of aromatic carboxylic acids is 2. The third-order valence-corrected chi connectivity index (χ3v) is 15.9. The molecule has 0 aromatic heterocycles. The number of hydrogen-bond acceptors (Lipinski definition) is 12. The number of carboxylic acid groups (broad SMARTS) is 2. The maximum absolute atomic E-state index is 11.9. The molecule has 0 bridgehead atoms. The van der Waals surface area contributed by atoms with E-state index in [1.165, 1.54) is 147 Å². The molecule has 0 radical (unpaired) electrons. The van der Waals surface area contributed by atoms with Gasteiger partial charge in [-0.1, -0.05) is 370 Å². The van der Waals surface area contributed by atoms with Crippen molar-refractivity contribution in [2.45, 2.75) is 408 Å². The summed E-state index contributed by atoms with van der Waals surface area (Å²) >= 11 is 0. The van der Waals surface area contributed by atoms with Crippen LogP contribution in [-0.4, -0.2) is 78.6 Å². The monoisotopic (exact) mass is 1760 g/mol. The molecule has 0 aliphatic heterocycles. The Hall–Kier alpha value is -8.26. The molecule has 6 rings (SSSR count). The highest BCUT2D eigenvalue weighted by Gasteiger charge is 2.14. The Bertz CT molecular complexity index is 3490. The fourth-order valence-corrected chi connectivity index (χ4v) is 10.4. The Labute approximate surface area is 772 Å². The normalized spacial score (nSPS) is 10.8. The van der Waals surface area contributed by atoms with E-state index in [0.29, 0.717) is 123 Å². The molecule has 0 saturated carbocycles. The topological polar surface area (TPSA) is 249 Å². The number of aryl methyl sites for hydroxylation is 7. The van der Waals surface area contributed by atoms with Gasteiger partial charge in [0.1, 0.15) is 45.7 Å². The number of methoxy groups -OCH3 is 2. The lowest BCUT2D eigenvalue weighted by molar-refractivity contribution is -0.120. The number of hydrogen-bond donors (Lipinski definition) is 8. The van der Waals surface area contributed by atoms with Gasteiger partial charge < -0.3 is 50.3 Å². The third kappa shape index (κ3) is 103. The molecule has 126 heavy (non-hydrogen) atoms. The summed E-state index contributed by atoms with van der Waals surface area (Å²) in [6, 6.07) is 32.8. The van der Waals surface area contributed by atoms with Gasteiger partial charge in [-0.15, -0.1) is 0 Å². The van der Waals surface area contributed by atoms with Gasteiger partial charge in [-0.05, 0) is 217 Å². The van der Waals surface area contributed by atoms with E-state index >= 15 is 0 Å². The highest BCUT2D eigenvalue weighted by atomic mass is 16.5. The fourth-order valence-electron chi connectivity index (χ4n) is 10.4. The first-order valence-corrected chi connectivity index (χ1v) is 47.0. The van der Waals surface area contributed by atoms with Gasteiger partial charge in [0.05, 0.1) is 14.2 Å². The maximum atomic E-state index is 11.9. The van der Waals surface area contributed by atoms with Crippen LogP contribution in [0.4, 0.5) is 0 Å². The molecule has 0 aliphatic rings. The number of ether oxygens (including phenoxy) is 2. The Morgan fingerprint density at radius 1 is 0.325 bits per heavy atom. The number of benzene rings is 6. The molecular weight excluding hydrogens is 1570 g/mol. The van der Waals surface area contributed by atoms with Crippen molar-refractivity contribution < 1.29 is 69.5 Å². The van der Waals surface area contributed by atoms with Crippen molar-refractivity contribution in [1.82, 2.24) is 0 Å². The summed E-state index contributed by atoms with van der Waals surface area (Å²) in [5, 5.41) is 72.8. The SMILES string of the molecule is CC(C)(C)C.CC(C)(C)C.CC(C)(C)C.CC(C)(C)C.CC(C)(C)C.CC(C)(C)C.CCCCCCCCC(=O)CCc1ccc(O)c(OC)c1.CCCCCCCCCCCCCCCc1cc(C)cc(O)c1.COc1cc(CCC(=O)CCCC/C=C/C(C)C)ccc1O.Cc1cccc(O)c1.Cc1cccc(O)c1C(=O)O.Cc1cccc(O)c1C(=O)O. The van der Waals surface area contributed by atoms with E-state index in [1.54, 1.807) is 74.5 Å². The Morgan fingerprint density at radius 3 is 0.913 bits per heavy atom. The molecule has 0 spiro atoms. The second kappa shape index (κ2) is 73.6. The van der Waals surface area contributed by atoms with Crippen LogP contribution in [0.1, 0.15) is 420 Å². The predicted molar refractivity (Wildman–Crippen MR) is 542 cm³/mol. The maximum Gasteiger partial charge on any atom is 0.339 e. The van der Waals surface area contributed by atoms with Crippen LogP contribution in [0.3, 0.4) is 0 Å². The minimum Gasteiger partial charge on any atom is -0.508 e. The van der Waals surface area contributed by atoms with Crippen LogP contribution in [-0.2, 0) is 28.9 Å². The van der Waals surface area contributed by atoms with Crippen molar-refractivity contribution in [1.29, 1.82) is 0 Å². The molecule has 0 unspecified atom stereocenters. The van der Waals surface area contributed by atoms with Crippen LogP contribution in [0.5, 0.6) is 46.0 Å². The zero-order valence-electron chi connectivity index (χ0n) is 86.7. The average Bonchev–Trinajstić information content (AvgIpc) is 0.852. The smallest absolute Gasteiger partial charge is 0.339 e. The molecule has 6 aromatic rings. The molecular formula is C112H190O14. The van der Waals surface area contributed by atoms with Crippen LogP contribution in [0, 0.1) is 66.1 Å². The minimum absolute atomic E-state index is 0.0208. The quantitative estimate of drug-likeness (QED) is 0.0134. The van der Waals surface area contributed by atoms with E-state index in [-0.39, 0.29) is 34.1 Å². The van der Waals surface area contributed by atoms with Crippen molar-refractivity contribution in [3.8, 4) is 46.0 Å². The van der Waals surface area contributed by atoms with Gasteiger partial charge in [0, 0.05) is 25.7 Å². The van der Waals surface area contributed by atoms with Crippen LogP contribution in [0.2, 0.25) is 0 Å². The van der Waals surface area contributed by atoms with E-state index in [4.69, 9.17) is 35.0 Å². The molecule has 0 amide bonds. The number of carbonyl (C=O) groups is 4. The van der Waals surface area contributed by atoms with Gasteiger partial charge in [-0.2, -0.15) is 0 Å². The first kappa shape index (κ1) is 129. The van der Waals surface area contributed by atoms with Crippen LogP contribution in [0.15, 0.2) is 127 Å². The number of allylic oxidation sites excluding steroid dienone is 2. The standard InChI is InChI=1S/C22H38O.C19H28O3.C18H28O3.2C8H8O3.C7H8O.6C5H12/c1-3-4-5-6-7-8-9-10-11-12-13-14-15-16-21-17-20(2)18-22(23)19-21;1-15(2)8-6-4-5-7-9-17(20)12-10-16-11-13-18(21)19(14-16)22-3;1-3-4-5-6-7-8-9-16(19)12-10-15-11-13-17(20)18(14-15)21-2;2*1-5-3-2-4-6(9)7(5)8(10)11;1-6-3-2-4-7(8)5-6;6*1-5(2,3)4/h17-19,23H,3-16H2,1-2H3;6,8,11,13-15,21H,4-5,7,9-10,12H2,1-3H3;11,13-14,20H,3-10,12H2,1-2H3;2*2-4,9H,1H3,(H,10,11);2-5,8H,1H3;6*1-4H3/b;8-6+;;;;;;;;;;. The summed E-state index contributed by atoms with van der Waals surface area (Å²) < 4.78 is 10.1. The number of carboxylic acids is 2. The lowest BCUT2D eigenvalue weighted by Crippen LogP contribution is -2.00. The van der Waals surface area contributed by atoms with E-state index < -0.39 is 11.9 Å². The van der Waals surface area contributed by atoms with Crippen molar-refractivity contribution in [2.24, 2.45) is 38.4 Å². The van der Waals surface area contributed by atoms with Crippen LogP contribution < -0.4 is 9.47 Å². The number of aromatic hydroxyl groups is 6. The molecule has 14 heteroatoms. The number of phenolic OH excluding ortho intramolecular Hbond substituents is 4. The molecule has 0 atom stereocenters. The predicted octanol–water partition coefficient (Wildman–Crippen LogP) is 33.5. The van der Waals surface area contributed by atoms with Gasteiger partial charge in [0.25, 0.3) is 0 Å². The van der Waals surface area contributed by atoms with Crippen LogP contribution in [0.25, 0.3) is 0 Å². The number of unbranched alkanes of at least 4 members (excludes halogenated alkanes) is 19. The van der Waals surface area contributed by atoms with E-state index in [1.807, 2.05) is 50.2 Å². The molecule has 6 aromatic carbocycles. The van der Waals surface area contributed by atoms with Gasteiger partial charge >= 0.3 is 11.9 Å². The number of carbonyl (C=O) groups excluding carboxylic acids is 2. The van der Waals surface area contributed by atoms with Crippen molar-refractivity contribution in [3.05, 3.63) is 177 Å². The molecule has 0 fully saturated rings.